The van der Waals surface area contributed by atoms with Gasteiger partial charge in [0.2, 0.25) is 0 Å². The van der Waals surface area contributed by atoms with E-state index in [1.54, 1.807) is 6.92 Å². The largest absolute Gasteiger partial charge is 0.299 e. The van der Waals surface area contributed by atoms with Crippen LogP contribution in [0.25, 0.3) is 0 Å². The second kappa shape index (κ2) is 4.53. The van der Waals surface area contributed by atoms with Gasteiger partial charge in [0, 0.05) is 5.41 Å². The van der Waals surface area contributed by atoms with Crippen molar-refractivity contribution in [1.29, 1.82) is 0 Å². The zero-order valence-corrected chi connectivity index (χ0v) is 8.24. The van der Waals surface area contributed by atoms with Crippen molar-refractivity contribution in [1.82, 2.24) is 0 Å². The lowest BCUT2D eigenvalue weighted by Gasteiger charge is -2.20. The zero-order chi connectivity index (χ0) is 8.91. The second-order valence-corrected chi connectivity index (χ2v) is 3.90. The molecule has 0 saturated carbocycles. The molecule has 0 saturated heterocycles. The van der Waals surface area contributed by atoms with E-state index in [0.717, 1.165) is 6.42 Å². The van der Waals surface area contributed by atoms with Crippen molar-refractivity contribution in [2.24, 2.45) is 5.41 Å². The molecule has 11 heavy (non-hydrogen) atoms. The maximum atomic E-state index is 11.1. The molecule has 1 nitrogen and oxygen atoms in total. The normalized spacial score (nSPS) is 11.6. The van der Waals surface area contributed by atoms with Crippen LogP contribution in [0, 0.1) is 5.41 Å². The van der Waals surface area contributed by atoms with Gasteiger partial charge in [0.1, 0.15) is 5.78 Å². The summed E-state index contributed by atoms with van der Waals surface area (Å²) in [4.78, 5) is 11.1. The molecule has 0 unspecified atom stereocenters. The van der Waals surface area contributed by atoms with E-state index in [2.05, 4.69) is 6.92 Å². The fourth-order valence-electron chi connectivity index (χ4n) is 0.993. The van der Waals surface area contributed by atoms with Gasteiger partial charge in [-0.2, -0.15) is 0 Å². The highest BCUT2D eigenvalue weighted by Gasteiger charge is 2.22. The predicted octanol–water partition coefficient (Wildman–Crippen LogP) is 3.18. The van der Waals surface area contributed by atoms with Gasteiger partial charge in [-0.3, -0.25) is 4.79 Å². The highest BCUT2D eigenvalue weighted by Crippen LogP contribution is 2.24. The lowest BCUT2D eigenvalue weighted by Crippen LogP contribution is -2.20. The van der Waals surface area contributed by atoms with E-state index in [-0.39, 0.29) is 5.41 Å². The van der Waals surface area contributed by atoms with Crippen molar-refractivity contribution in [2.75, 3.05) is 0 Å². The Morgan fingerprint density at radius 3 is 2.18 bits per heavy atom. The van der Waals surface area contributed by atoms with Gasteiger partial charge in [0.15, 0.2) is 0 Å². The van der Waals surface area contributed by atoms with Crippen LogP contribution in [0.3, 0.4) is 0 Å². The minimum Gasteiger partial charge on any atom is -0.299 e. The summed E-state index contributed by atoms with van der Waals surface area (Å²) in [6.07, 6.45) is 4.70. The summed E-state index contributed by atoms with van der Waals surface area (Å²) in [7, 11) is 0. The molecule has 0 aliphatic rings. The van der Waals surface area contributed by atoms with Gasteiger partial charge in [-0.05, 0) is 13.3 Å². The molecule has 1 heteroatoms. The van der Waals surface area contributed by atoms with Crippen molar-refractivity contribution < 1.29 is 4.79 Å². The summed E-state index contributed by atoms with van der Waals surface area (Å²) >= 11 is 0. The van der Waals surface area contributed by atoms with Crippen LogP contribution in [0.5, 0.6) is 0 Å². The molecule has 0 bridgehead atoms. The third-order valence-electron chi connectivity index (χ3n) is 2.36. The van der Waals surface area contributed by atoms with Crippen molar-refractivity contribution in [3.8, 4) is 0 Å². The number of ketones is 1. The molecule has 0 aliphatic carbocycles. The van der Waals surface area contributed by atoms with Crippen LogP contribution in [0.4, 0.5) is 0 Å². The molecular formula is C10H20O. The number of hydrogen-bond acceptors (Lipinski definition) is 1. The summed E-state index contributed by atoms with van der Waals surface area (Å²) in [5.41, 5.74) is -0.0881. The number of unbranched alkanes of at least 4 members (excludes halogenated alkanes) is 2. The fourth-order valence-corrected chi connectivity index (χ4v) is 0.993. The third-order valence-corrected chi connectivity index (χ3v) is 2.36. The summed E-state index contributed by atoms with van der Waals surface area (Å²) < 4.78 is 0. The minimum atomic E-state index is -0.0881. The van der Waals surface area contributed by atoms with Crippen LogP contribution in [-0.4, -0.2) is 5.78 Å². The van der Waals surface area contributed by atoms with Gasteiger partial charge < -0.3 is 0 Å². The molecule has 0 spiro atoms. The van der Waals surface area contributed by atoms with Gasteiger partial charge in [0.05, 0.1) is 0 Å². The monoisotopic (exact) mass is 156 g/mol. The fraction of sp³-hybridized carbons (Fsp3) is 0.900. The predicted molar refractivity (Wildman–Crippen MR) is 48.6 cm³/mol. The summed E-state index contributed by atoms with van der Waals surface area (Å²) in [5.74, 6) is 0.314. The molecule has 0 heterocycles. The van der Waals surface area contributed by atoms with Crippen LogP contribution in [0.2, 0.25) is 0 Å². The number of rotatable bonds is 5. The van der Waals surface area contributed by atoms with Crippen LogP contribution >= 0.6 is 0 Å². The Kier molecular flexibility index (Phi) is 4.39. The Hall–Kier alpha value is -0.330. The molecule has 0 amide bonds. The lowest BCUT2D eigenvalue weighted by molar-refractivity contribution is -0.125. The molecule has 0 fully saturated rings. The Labute approximate surface area is 70.2 Å². The van der Waals surface area contributed by atoms with Gasteiger partial charge >= 0.3 is 0 Å². The minimum absolute atomic E-state index is 0.0881. The Morgan fingerprint density at radius 1 is 1.27 bits per heavy atom. The number of Topliss-reactive ketones (excluding diaryl/α,β-unsaturated/α-hetero) is 1. The SMILES string of the molecule is CCCCCC(C)(C)C(C)=O. The summed E-state index contributed by atoms with van der Waals surface area (Å²) in [5, 5.41) is 0. The summed E-state index contributed by atoms with van der Waals surface area (Å²) in [6, 6.07) is 0. The van der Waals surface area contributed by atoms with Crippen molar-refractivity contribution in [3.63, 3.8) is 0 Å². The molecule has 0 radical (unpaired) electrons. The summed E-state index contributed by atoms with van der Waals surface area (Å²) in [6.45, 7) is 7.93. The van der Waals surface area contributed by atoms with Crippen LogP contribution in [-0.2, 0) is 4.79 Å². The maximum Gasteiger partial charge on any atom is 0.135 e. The van der Waals surface area contributed by atoms with E-state index in [1.807, 2.05) is 13.8 Å². The molecule has 0 aromatic heterocycles. The highest BCUT2D eigenvalue weighted by atomic mass is 16.1. The van der Waals surface area contributed by atoms with Gasteiger partial charge in [-0.25, -0.2) is 0 Å². The van der Waals surface area contributed by atoms with E-state index >= 15 is 0 Å². The lowest BCUT2D eigenvalue weighted by atomic mass is 9.83. The maximum absolute atomic E-state index is 11.1. The van der Waals surface area contributed by atoms with E-state index in [9.17, 15) is 4.79 Å². The molecular weight excluding hydrogens is 136 g/mol. The van der Waals surface area contributed by atoms with E-state index in [1.165, 1.54) is 19.3 Å². The average molecular weight is 156 g/mol. The van der Waals surface area contributed by atoms with E-state index in [0.29, 0.717) is 5.78 Å². The van der Waals surface area contributed by atoms with Crippen LogP contribution in [0.15, 0.2) is 0 Å². The van der Waals surface area contributed by atoms with Crippen LogP contribution < -0.4 is 0 Å². The molecule has 0 aliphatic heterocycles. The van der Waals surface area contributed by atoms with Crippen molar-refractivity contribution in [3.05, 3.63) is 0 Å². The van der Waals surface area contributed by atoms with Crippen LogP contribution in [0.1, 0.15) is 53.4 Å². The first-order valence-electron chi connectivity index (χ1n) is 4.51. The molecule has 66 valence electrons. The Morgan fingerprint density at radius 2 is 1.82 bits per heavy atom. The molecule has 0 aromatic carbocycles. The molecule has 0 atom stereocenters. The smallest absolute Gasteiger partial charge is 0.135 e. The number of carbonyl (C=O) groups excluding carboxylic acids is 1. The second-order valence-electron chi connectivity index (χ2n) is 3.90. The van der Waals surface area contributed by atoms with E-state index in [4.69, 9.17) is 0 Å². The average Bonchev–Trinajstić information content (AvgIpc) is 1.88. The van der Waals surface area contributed by atoms with Gasteiger partial charge in [-0.1, -0.05) is 40.0 Å². The first kappa shape index (κ1) is 10.7. The Bertz CT molecular complexity index is 125. The Balaban J connectivity index is 3.64. The molecule has 0 N–H and O–H groups in total. The van der Waals surface area contributed by atoms with E-state index < -0.39 is 0 Å². The molecule has 0 aromatic rings. The van der Waals surface area contributed by atoms with Gasteiger partial charge in [-0.15, -0.1) is 0 Å². The topological polar surface area (TPSA) is 17.1 Å². The van der Waals surface area contributed by atoms with Crippen molar-refractivity contribution in [2.45, 2.75) is 53.4 Å². The van der Waals surface area contributed by atoms with Gasteiger partial charge in [0.25, 0.3) is 0 Å². The van der Waals surface area contributed by atoms with Crippen molar-refractivity contribution >= 4 is 5.78 Å². The first-order valence-corrected chi connectivity index (χ1v) is 4.51. The first-order chi connectivity index (χ1) is 5.00. The highest BCUT2D eigenvalue weighted by molar-refractivity contribution is 5.81. The molecule has 0 rings (SSSR count). The quantitative estimate of drug-likeness (QED) is 0.559. The standard InChI is InChI=1S/C10H20O/c1-5-6-7-8-10(3,4)9(2)11/h5-8H2,1-4H3. The number of carbonyl (C=O) groups is 1. The zero-order valence-electron chi connectivity index (χ0n) is 8.24. The number of hydrogen-bond donors (Lipinski definition) is 0. The third kappa shape index (κ3) is 4.18.